The Kier molecular flexibility index (Phi) is 4.85. The van der Waals surface area contributed by atoms with Crippen molar-refractivity contribution in [3.8, 4) is 11.3 Å². The van der Waals surface area contributed by atoms with Gasteiger partial charge in [0.1, 0.15) is 11.6 Å². The molecule has 138 valence electrons. The van der Waals surface area contributed by atoms with Gasteiger partial charge in [0, 0.05) is 41.4 Å². The Morgan fingerprint density at radius 2 is 1.81 bits per heavy atom. The lowest BCUT2D eigenvalue weighted by Crippen LogP contribution is -2.17. The quantitative estimate of drug-likeness (QED) is 0.692. The van der Waals surface area contributed by atoms with E-state index in [1.54, 1.807) is 23.5 Å². The fourth-order valence-electron chi connectivity index (χ4n) is 3.09. The van der Waals surface area contributed by atoms with E-state index in [9.17, 15) is 13.6 Å². The van der Waals surface area contributed by atoms with E-state index in [1.807, 2.05) is 17.5 Å². The Labute approximate surface area is 159 Å². The van der Waals surface area contributed by atoms with Crippen LogP contribution in [0.1, 0.15) is 23.2 Å². The highest BCUT2D eigenvalue weighted by Crippen LogP contribution is 2.30. The number of anilines is 2. The lowest BCUT2D eigenvalue weighted by molar-refractivity contribution is 0.102. The second-order valence-electron chi connectivity index (χ2n) is 6.40. The molecule has 3 aromatic rings. The summed E-state index contributed by atoms with van der Waals surface area (Å²) in [4.78, 5) is 19.3. The molecule has 1 saturated heterocycles. The fraction of sp³-hybridized carbons (Fsp3) is 0.200. The summed E-state index contributed by atoms with van der Waals surface area (Å²) in [5, 5.41) is 5.68. The van der Waals surface area contributed by atoms with Crippen molar-refractivity contribution in [2.45, 2.75) is 12.8 Å². The van der Waals surface area contributed by atoms with Crippen molar-refractivity contribution in [1.29, 1.82) is 0 Å². The Balaban J connectivity index is 1.53. The van der Waals surface area contributed by atoms with Crippen molar-refractivity contribution in [1.82, 2.24) is 4.98 Å². The van der Waals surface area contributed by atoms with Crippen LogP contribution >= 0.6 is 11.3 Å². The molecule has 1 fully saturated rings. The summed E-state index contributed by atoms with van der Waals surface area (Å²) in [6.45, 7) is 2.07. The summed E-state index contributed by atoms with van der Waals surface area (Å²) >= 11 is 1.61. The number of carbonyl (C=O) groups is 1. The molecule has 4 nitrogen and oxygen atoms in total. The minimum absolute atomic E-state index is 0.0668. The summed E-state index contributed by atoms with van der Waals surface area (Å²) < 4.78 is 26.6. The lowest BCUT2D eigenvalue weighted by Gasteiger charge is -2.12. The molecule has 0 spiro atoms. The molecule has 2 aromatic carbocycles. The molecule has 27 heavy (non-hydrogen) atoms. The molecule has 2 heterocycles. The van der Waals surface area contributed by atoms with Crippen molar-refractivity contribution in [3.63, 3.8) is 0 Å². The van der Waals surface area contributed by atoms with Gasteiger partial charge in [-0.3, -0.25) is 4.79 Å². The van der Waals surface area contributed by atoms with E-state index in [4.69, 9.17) is 4.98 Å². The molecule has 0 aliphatic carbocycles. The Hall–Kier alpha value is -2.80. The minimum Gasteiger partial charge on any atom is -0.348 e. The van der Waals surface area contributed by atoms with Gasteiger partial charge in [0.05, 0.1) is 5.69 Å². The second kappa shape index (κ2) is 7.44. The van der Waals surface area contributed by atoms with Crippen molar-refractivity contribution in [2.24, 2.45) is 0 Å². The van der Waals surface area contributed by atoms with Crippen LogP contribution in [-0.4, -0.2) is 24.0 Å². The highest BCUT2D eigenvalue weighted by molar-refractivity contribution is 7.14. The van der Waals surface area contributed by atoms with Gasteiger partial charge in [0.25, 0.3) is 5.91 Å². The molecule has 4 rings (SSSR count). The Morgan fingerprint density at radius 3 is 2.56 bits per heavy atom. The van der Waals surface area contributed by atoms with Crippen LogP contribution in [0.3, 0.4) is 0 Å². The van der Waals surface area contributed by atoms with Crippen LogP contribution < -0.4 is 10.2 Å². The predicted octanol–water partition coefficient (Wildman–Crippen LogP) is 4.94. The molecule has 0 atom stereocenters. The number of carbonyl (C=O) groups excluding carboxylic acids is 1. The number of thiazole rings is 1. The van der Waals surface area contributed by atoms with E-state index in [2.05, 4.69) is 10.2 Å². The molecule has 1 aromatic heterocycles. The number of nitrogens with one attached hydrogen (secondary N) is 1. The smallest absolute Gasteiger partial charge is 0.255 e. The molecule has 0 saturated carbocycles. The van der Waals surface area contributed by atoms with Gasteiger partial charge in [-0.1, -0.05) is 12.1 Å². The topological polar surface area (TPSA) is 45.2 Å². The van der Waals surface area contributed by atoms with Gasteiger partial charge in [-0.15, -0.1) is 11.3 Å². The summed E-state index contributed by atoms with van der Waals surface area (Å²) in [6.07, 6.45) is 2.38. The molecular weight excluding hydrogens is 368 g/mol. The van der Waals surface area contributed by atoms with E-state index < -0.39 is 17.5 Å². The van der Waals surface area contributed by atoms with Crippen LogP contribution in [0.25, 0.3) is 11.3 Å². The molecule has 1 aliphatic rings. The van der Waals surface area contributed by atoms with E-state index >= 15 is 0 Å². The van der Waals surface area contributed by atoms with E-state index in [0.717, 1.165) is 47.7 Å². The third kappa shape index (κ3) is 3.98. The van der Waals surface area contributed by atoms with Gasteiger partial charge in [0.2, 0.25) is 0 Å². The molecule has 0 bridgehead atoms. The zero-order valence-corrected chi connectivity index (χ0v) is 15.2. The van der Waals surface area contributed by atoms with Crippen LogP contribution in [0.5, 0.6) is 0 Å². The van der Waals surface area contributed by atoms with Crippen LogP contribution in [0.4, 0.5) is 19.6 Å². The molecule has 7 heteroatoms. The number of aromatic nitrogens is 1. The maximum atomic E-state index is 13.3. The Morgan fingerprint density at radius 1 is 1.07 bits per heavy atom. The van der Waals surface area contributed by atoms with Crippen molar-refractivity contribution < 1.29 is 13.6 Å². The maximum Gasteiger partial charge on any atom is 0.255 e. The molecule has 0 radical (unpaired) electrons. The van der Waals surface area contributed by atoms with Crippen LogP contribution in [0.2, 0.25) is 0 Å². The van der Waals surface area contributed by atoms with Crippen molar-refractivity contribution in [2.75, 3.05) is 23.3 Å². The number of nitrogens with zero attached hydrogens (tertiary/aromatic N) is 2. The average molecular weight is 385 g/mol. The van der Waals surface area contributed by atoms with Crippen LogP contribution in [-0.2, 0) is 0 Å². The minimum atomic E-state index is -0.786. The zero-order valence-electron chi connectivity index (χ0n) is 14.4. The summed E-state index contributed by atoms with van der Waals surface area (Å²) in [5.74, 6) is -2.14. The van der Waals surface area contributed by atoms with Crippen molar-refractivity contribution >= 4 is 28.1 Å². The highest BCUT2D eigenvalue weighted by atomic mass is 32.1. The Bertz CT molecular complexity index is 963. The van der Waals surface area contributed by atoms with Crippen LogP contribution in [0, 0.1) is 11.6 Å². The number of halogens is 2. The van der Waals surface area contributed by atoms with E-state index in [1.165, 1.54) is 12.8 Å². The normalized spacial score (nSPS) is 13.8. The first-order valence-electron chi connectivity index (χ1n) is 8.67. The number of rotatable bonds is 4. The summed E-state index contributed by atoms with van der Waals surface area (Å²) in [5.41, 5.74) is 2.19. The van der Waals surface area contributed by atoms with Gasteiger partial charge in [0.15, 0.2) is 5.13 Å². The zero-order chi connectivity index (χ0) is 18.8. The van der Waals surface area contributed by atoms with Crippen LogP contribution in [0.15, 0.2) is 47.8 Å². The maximum absolute atomic E-state index is 13.3. The van der Waals surface area contributed by atoms with E-state index in [0.29, 0.717) is 5.69 Å². The summed E-state index contributed by atoms with van der Waals surface area (Å²) in [6, 6.07) is 10.0. The molecule has 0 unspecified atom stereocenters. The van der Waals surface area contributed by atoms with Gasteiger partial charge in [-0.05, 0) is 37.1 Å². The number of hydrogen-bond acceptors (Lipinski definition) is 4. The first-order valence-corrected chi connectivity index (χ1v) is 9.55. The second-order valence-corrected chi connectivity index (χ2v) is 7.24. The number of benzene rings is 2. The largest absolute Gasteiger partial charge is 0.348 e. The van der Waals surface area contributed by atoms with Gasteiger partial charge in [-0.25, -0.2) is 13.8 Å². The molecule has 1 aliphatic heterocycles. The predicted molar refractivity (Wildman–Crippen MR) is 103 cm³/mol. The first kappa shape index (κ1) is 17.6. The van der Waals surface area contributed by atoms with Gasteiger partial charge in [-0.2, -0.15) is 0 Å². The number of hydrogen-bond donors (Lipinski definition) is 1. The molecular formula is C20H17F2N3OS. The fourth-order valence-corrected chi connectivity index (χ4v) is 3.98. The molecule has 1 amide bonds. The third-order valence-corrected chi connectivity index (χ3v) is 5.31. The lowest BCUT2D eigenvalue weighted by atomic mass is 10.1. The monoisotopic (exact) mass is 385 g/mol. The standard InChI is InChI=1S/C20H17F2N3OS/c21-15-8-14(9-16(22)11-15)19(26)23-17-5-3-4-13(10-17)18-12-27-20(24-18)25-6-1-2-7-25/h3-5,8-12H,1-2,6-7H2,(H,23,26). The first-order chi connectivity index (χ1) is 13.1. The molecule has 1 N–H and O–H groups in total. The average Bonchev–Trinajstić information content (AvgIpc) is 3.33. The summed E-state index contributed by atoms with van der Waals surface area (Å²) in [7, 11) is 0. The number of amides is 1. The van der Waals surface area contributed by atoms with E-state index in [-0.39, 0.29) is 5.56 Å². The SMILES string of the molecule is O=C(Nc1cccc(-c2csc(N3CCCC3)n2)c1)c1cc(F)cc(F)c1. The third-order valence-electron chi connectivity index (χ3n) is 4.41. The van der Waals surface area contributed by atoms with Crippen molar-refractivity contribution in [3.05, 3.63) is 65.0 Å². The van der Waals surface area contributed by atoms with Gasteiger partial charge < -0.3 is 10.2 Å². The van der Waals surface area contributed by atoms with Gasteiger partial charge >= 0.3 is 0 Å². The highest BCUT2D eigenvalue weighted by Gasteiger charge is 2.16.